The molecule has 8 nitrogen and oxygen atoms in total. The van der Waals surface area contributed by atoms with E-state index in [4.69, 9.17) is 9.47 Å². The quantitative estimate of drug-likeness (QED) is 0.377. The molecular weight excluding hydrogens is 394 g/mol. The van der Waals surface area contributed by atoms with Gasteiger partial charge in [0, 0.05) is 10.4 Å². The van der Waals surface area contributed by atoms with E-state index >= 15 is 0 Å². The number of urea groups is 1. The number of hydrogen-bond donors (Lipinski definition) is 3. The summed E-state index contributed by atoms with van der Waals surface area (Å²) >= 11 is 1.40. The van der Waals surface area contributed by atoms with Crippen molar-refractivity contribution in [1.29, 1.82) is 0 Å². The second-order valence-corrected chi connectivity index (χ2v) is 7.46. The lowest BCUT2D eigenvalue weighted by Crippen LogP contribution is -2.25. The first-order valence-electron chi connectivity index (χ1n) is 9.32. The van der Waals surface area contributed by atoms with Crippen LogP contribution in [-0.4, -0.2) is 37.0 Å². The van der Waals surface area contributed by atoms with Crippen molar-refractivity contribution in [3.63, 3.8) is 0 Å². The number of thiophene rings is 1. The molecule has 2 aromatic rings. The Bertz CT molecular complexity index is 938. The fraction of sp³-hybridized carbons (Fsp3) is 0.350. The molecule has 0 bridgehead atoms. The van der Waals surface area contributed by atoms with Gasteiger partial charge in [0.1, 0.15) is 5.00 Å². The molecule has 1 aliphatic carbocycles. The van der Waals surface area contributed by atoms with Crippen molar-refractivity contribution in [2.24, 2.45) is 5.10 Å². The molecule has 29 heavy (non-hydrogen) atoms. The normalized spacial score (nSPS) is 13.0. The van der Waals surface area contributed by atoms with E-state index < -0.39 is 12.0 Å². The summed E-state index contributed by atoms with van der Waals surface area (Å²) in [6.45, 7) is 2.02. The Morgan fingerprint density at radius 3 is 2.86 bits per heavy atom. The number of methoxy groups -OCH3 is 1. The molecule has 0 saturated heterocycles. The third-order valence-corrected chi connectivity index (χ3v) is 5.71. The number of rotatable bonds is 6. The molecule has 0 saturated carbocycles. The van der Waals surface area contributed by atoms with Crippen LogP contribution >= 0.6 is 11.3 Å². The molecule has 3 rings (SSSR count). The van der Waals surface area contributed by atoms with Crippen LogP contribution in [0.1, 0.15) is 46.1 Å². The number of aromatic hydroxyl groups is 1. The van der Waals surface area contributed by atoms with Crippen LogP contribution in [0.5, 0.6) is 11.5 Å². The standard InChI is InChI=1S/C20H23N3O5S/c1-3-28-19(25)16-13-8-4-5-10-15(13)29-18(16)22-20(26)23-21-11-12-7-6-9-14(27-2)17(12)24/h6-7,9,11,24H,3-5,8,10H2,1-2H3,(H2,22,23,26). The third-order valence-electron chi connectivity index (χ3n) is 4.50. The number of nitrogens with one attached hydrogen (secondary N) is 2. The summed E-state index contributed by atoms with van der Waals surface area (Å²) in [6.07, 6.45) is 5.08. The lowest BCUT2D eigenvalue weighted by Gasteiger charge is -2.12. The number of fused-ring (bicyclic) bond motifs is 1. The minimum Gasteiger partial charge on any atom is -0.504 e. The lowest BCUT2D eigenvalue weighted by molar-refractivity contribution is 0.0526. The smallest absolute Gasteiger partial charge is 0.341 e. The van der Waals surface area contributed by atoms with Crippen molar-refractivity contribution in [2.75, 3.05) is 19.0 Å². The van der Waals surface area contributed by atoms with E-state index in [9.17, 15) is 14.7 Å². The molecule has 1 heterocycles. The summed E-state index contributed by atoms with van der Waals surface area (Å²) in [7, 11) is 1.45. The van der Waals surface area contributed by atoms with Crippen LogP contribution in [0.4, 0.5) is 9.80 Å². The SMILES string of the molecule is CCOC(=O)c1c(NC(=O)NN=Cc2cccc(OC)c2O)sc2c1CCCC2. The average molecular weight is 417 g/mol. The van der Waals surface area contributed by atoms with Gasteiger partial charge in [0.05, 0.1) is 25.5 Å². The number of benzene rings is 1. The molecule has 1 aliphatic rings. The van der Waals surface area contributed by atoms with Gasteiger partial charge in [-0.2, -0.15) is 5.10 Å². The van der Waals surface area contributed by atoms with E-state index in [1.165, 1.54) is 24.7 Å². The van der Waals surface area contributed by atoms with Gasteiger partial charge >= 0.3 is 12.0 Å². The summed E-state index contributed by atoms with van der Waals surface area (Å²) in [4.78, 5) is 25.8. The van der Waals surface area contributed by atoms with E-state index in [0.29, 0.717) is 21.9 Å². The molecule has 2 amide bonds. The number of hydrogen-bond acceptors (Lipinski definition) is 7. The highest BCUT2D eigenvalue weighted by molar-refractivity contribution is 7.17. The molecule has 3 N–H and O–H groups in total. The number of esters is 1. The van der Waals surface area contributed by atoms with Crippen LogP contribution in [0.25, 0.3) is 0 Å². The monoisotopic (exact) mass is 417 g/mol. The van der Waals surface area contributed by atoms with Gasteiger partial charge in [-0.3, -0.25) is 5.32 Å². The summed E-state index contributed by atoms with van der Waals surface area (Å²) in [5, 5.41) is 17.1. The van der Waals surface area contributed by atoms with Crippen molar-refractivity contribution in [2.45, 2.75) is 32.6 Å². The number of phenols is 1. The highest BCUT2D eigenvalue weighted by atomic mass is 32.1. The van der Waals surface area contributed by atoms with Gasteiger partial charge in [-0.1, -0.05) is 6.07 Å². The molecule has 0 radical (unpaired) electrons. The molecule has 0 spiro atoms. The zero-order valence-corrected chi connectivity index (χ0v) is 17.1. The highest BCUT2D eigenvalue weighted by Gasteiger charge is 2.27. The molecule has 0 aliphatic heterocycles. The van der Waals surface area contributed by atoms with Crippen LogP contribution in [0.15, 0.2) is 23.3 Å². The minimum atomic E-state index is -0.590. The Labute approximate surface area is 172 Å². The molecule has 0 unspecified atom stereocenters. The molecule has 154 valence electrons. The maximum atomic E-state index is 12.4. The fourth-order valence-corrected chi connectivity index (χ4v) is 4.45. The Kier molecular flexibility index (Phi) is 6.71. The lowest BCUT2D eigenvalue weighted by atomic mass is 9.95. The number of carbonyl (C=O) groups is 2. The number of hydrazone groups is 1. The first-order chi connectivity index (χ1) is 14.0. The van der Waals surface area contributed by atoms with Crippen molar-refractivity contribution >= 4 is 34.6 Å². The number of para-hydroxylation sites is 1. The van der Waals surface area contributed by atoms with Gasteiger partial charge in [0.15, 0.2) is 11.5 Å². The predicted molar refractivity (Wildman–Crippen MR) is 111 cm³/mol. The van der Waals surface area contributed by atoms with Crippen LogP contribution in [0, 0.1) is 0 Å². The predicted octanol–water partition coefficient (Wildman–Crippen LogP) is 3.67. The van der Waals surface area contributed by atoms with Gasteiger partial charge in [0.2, 0.25) is 0 Å². The summed E-state index contributed by atoms with van der Waals surface area (Å²) in [6, 6.07) is 4.35. The Balaban J connectivity index is 1.72. The van der Waals surface area contributed by atoms with E-state index in [1.54, 1.807) is 25.1 Å². The highest BCUT2D eigenvalue weighted by Crippen LogP contribution is 2.38. The number of amides is 2. The van der Waals surface area contributed by atoms with Crippen LogP contribution < -0.4 is 15.5 Å². The molecule has 1 aromatic carbocycles. The van der Waals surface area contributed by atoms with Crippen molar-refractivity contribution < 1.29 is 24.2 Å². The third kappa shape index (κ3) is 4.68. The second kappa shape index (κ2) is 9.42. The number of phenolic OH excluding ortho intramolecular Hbond substituents is 1. The van der Waals surface area contributed by atoms with Crippen molar-refractivity contribution in [1.82, 2.24) is 5.43 Å². The van der Waals surface area contributed by atoms with Gasteiger partial charge in [-0.15, -0.1) is 11.3 Å². The number of carbonyl (C=O) groups excluding carboxylic acids is 2. The van der Waals surface area contributed by atoms with Crippen LogP contribution in [-0.2, 0) is 17.6 Å². The number of ether oxygens (including phenoxy) is 2. The summed E-state index contributed by atoms with van der Waals surface area (Å²) in [5.74, 6) is -0.190. The van der Waals surface area contributed by atoms with Gasteiger partial charge in [-0.05, 0) is 50.3 Å². The van der Waals surface area contributed by atoms with E-state index in [-0.39, 0.29) is 12.4 Å². The Morgan fingerprint density at radius 1 is 1.31 bits per heavy atom. The maximum Gasteiger partial charge on any atom is 0.341 e. The van der Waals surface area contributed by atoms with Crippen molar-refractivity contribution in [3.05, 3.63) is 39.8 Å². The van der Waals surface area contributed by atoms with E-state index in [2.05, 4.69) is 15.8 Å². The summed E-state index contributed by atoms with van der Waals surface area (Å²) < 4.78 is 10.2. The van der Waals surface area contributed by atoms with E-state index in [0.717, 1.165) is 36.1 Å². The molecule has 9 heteroatoms. The molecule has 0 atom stereocenters. The van der Waals surface area contributed by atoms with Crippen LogP contribution in [0.2, 0.25) is 0 Å². The van der Waals surface area contributed by atoms with Gasteiger partial charge in [0.25, 0.3) is 0 Å². The molecular formula is C20H23N3O5S. The summed E-state index contributed by atoms with van der Waals surface area (Å²) in [5.41, 5.74) is 4.15. The van der Waals surface area contributed by atoms with Crippen molar-refractivity contribution in [3.8, 4) is 11.5 Å². The number of anilines is 1. The van der Waals surface area contributed by atoms with Gasteiger partial charge < -0.3 is 14.6 Å². The first kappa shape index (κ1) is 20.7. The van der Waals surface area contributed by atoms with E-state index in [1.807, 2.05) is 0 Å². The first-order valence-corrected chi connectivity index (χ1v) is 10.1. The average Bonchev–Trinajstić information content (AvgIpc) is 3.07. The Hall–Kier alpha value is -3.07. The topological polar surface area (TPSA) is 109 Å². The largest absolute Gasteiger partial charge is 0.504 e. The molecule has 0 fully saturated rings. The zero-order valence-electron chi connectivity index (χ0n) is 16.3. The minimum absolute atomic E-state index is 0.0727. The number of aryl methyl sites for hydroxylation is 1. The fourth-order valence-electron chi connectivity index (χ4n) is 3.17. The van der Waals surface area contributed by atoms with Gasteiger partial charge in [-0.25, -0.2) is 15.0 Å². The zero-order chi connectivity index (χ0) is 20.8. The number of nitrogens with zero attached hydrogens (tertiary/aromatic N) is 1. The second-order valence-electron chi connectivity index (χ2n) is 6.36. The van der Waals surface area contributed by atoms with Crippen LogP contribution in [0.3, 0.4) is 0 Å². The Morgan fingerprint density at radius 2 is 2.10 bits per heavy atom. The molecule has 1 aromatic heterocycles. The maximum absolute atomic E-state index is 12.4.